The number of aryl methyl sites for hydroxylation is 1. The first-order chi connectivity index (χ1) is 10.2. The molecule has 1 atom stereocenters. The number of nitrogens with one attached hydrogen (secondary N) is 1. The molecule has 0 aliphatic carbocycles. The van der Waals surface area contributed by atoms with Crippen LogP contribution in [0.5, 0.6) is 0 Å². The number of nitrogens with zero attached hydrogens (tertiary/aromatic N) is 3. The first-order valence-corrected chi connectivity index (χ1v) is 7.78. The molecule has 1 aromatic rings. The highest BCUT2D eigenvalue weighted by atomic mass is 16.5. The van der Waals surface area contributed by atoms with Crippen LogP contribution in [-0.2, 0) is 11.2 Å². The smallest absolute Gasteiger partial charge is 0.148 e. The van der Waals surface area contributed by atoms with Crippen molar-refractivity contribution in [2.75, 3.05) is 37.1 Å². The topological polar surface area (TPSA) is 76.3 Å². The molecular weight excluding hydrogens is 266 g/mol. The van der Waals surface area contributed by atoms with Gasteiger partial charge in [0.2, 0.25) is 0 Å². The van der Waals surface area contributed by atoms with E-state index >= 15 is 0 Å². The fourth-order valence-electron chi connectivity index (χ4n) is 2.82. The second-order valence-electron chi connectivity index (χ2n) is 5.80. The average molecular weight is 293 g/mol. The number of nitrogens with two attached hydrogens (primary N) is 1. The molecule has 6 heteroatoms. The second-order valence-corrected chi connectivity index (χ2v) is 5.80. The minimum atomic E-state index is 0.571. The molecule has 1 unspecified atom stereocenters. The van der Waals surface area contributed by atoms with Gasteiger partial charge in [-0.1, -0.05) is 6.92 Å². The summed E-state index contributed by atoms with van der Waals surface area (Å²) in [7, 11) is 2.08. The number of hydrazine groups is 1. The third-order valence-corrected chi connectivity index (χ3v) is 3.92. The molecule has 2 heterocycles. The molecule has 1 aliphatic rings. The number of anilines is 2. The lowest BCUT2D eigenvalue weighted by molar-refractivity contribution is 0.0576. The van der Waals surface area contributed by atoms with E-state index in [0.29, 0.717) is 5.92 Å². The molecule has 0 amide bonds. The number of hydrogen-bond acceptors (Lipinski definition) is 6. The number of nitrogen functional groups attached to an aromatic ring is 1. The van der Waals surface area contributed by atoms with Crippen molar-refractivity contribution in [3.63, 3.8) is 0 Å². The summed E-state index contributed by atoms with van der Waals surface area (Å²) in [6.45, 7) is 6.83. The summed E-state index contributed by atoms with van der Waals surface area (Å²) in [6, 6.07) is 0. The first-order valence-electron chi connectivity index (χ1n) is 7.78. The van der Waals surface area contributed by atoms with Crippen LogP contribution in [-0.4, -0.2) is 36.8 Å². The Morgan fingerprint density at radius 1 is 1.43 bits per heavy atom. The number of ether oxygens (including phenoxy) is 1. The average Bonchev–Trinajstić information content (AvgIpc) is 2.50. The SMILES string of the molecule is CCCc1nc(NN)c(C)c(N(C)CC2CCCOC2)n1. The van der Waals surface area contributed by atoms with Crippen LogP contribution in [0.4, 0.5) is 11.6 Å². The van der Waals surface area contributed by atoms with Gasteiger partial charge in [-0.2, -0.15) is 0 Å². The summed E-state index contributed by atoms with van der Waals surface area (Å²) < 4.78 is 5.56. The minimum Gasteiger partial charge on any atom is -0.381 e. The van der Waals surface area contributed by atoms with Gasteiger partial charge in [0.15, 0.2) is 0 Å². The van der Waals surface area contributed by atoms with Crippen molar-refractivity contribution in [1.82, 2.24) is 9.97 Å². The van der Waals surface area contributed by atoms with E-state index in [4.69, 9.17) is 15.6 Å². The number of rotatable bonds is 6. The number of hydrogen-bond donors (Lipinski definition) is 2. The monoisotopic (exact) mass is 293 g/mol. The van der Waals surface area contributed by atoms with Gasteiger partial charge < -0.3 is 15.1 Å². The largest absolute Gasteiger partial charge is 0.381 e. The van der Waals surface area contributed by atoms with Crippen molar-refractivity contribution in [3.8, 4) is 0 Å². The fourth-order valence-corrected chi connectivity index (χ4v) is 2.82. The molecule has 0 spiro atoms. The molecule has 0 aromatic carbocycles. The van der Waals surface area contributed by atoms with Gasteiger partial charge in [-0.05, 0) is 32.1 Å². The molecule has 1 aliphatic heterocycles. The third-order valence-electron chi connectivity index (χ3n) is 3.92. The van der Waals surface area contributed by atoms with Crippen LogP contribution in [0.1, 0.15) is 37.6 Å². The Bertz CT molecular complexity index is 460. The quantitative estimate of drug-likeness (QED) is 0.616. The van der Waals surface area contributed by atoms with Gasteiger partial charge >= 0.3 is 0 Å². The van der Waals surface area contributed by atoms with Crippen LogP contribution in [0.2, 0.25) is 0 Å². The Balaban J connectivity index is 2.17. The van der Waals surface area contributed by atoms with E-state index in [0.717, 1.165) is 62.0 Å². The molecule has 0 bridgehead atoms. The second kappa shape index (κ2) is 7.56. The predicted molar refractivity (Wildman–Crippen MR) is 85.4 cm³/mol. The summed E-state index contributed by atoms with van der Waals surface area (Å²) in [5.74, 6) is 8.69. The van der Waals surface area contributed by atoms with Crippen LogP contribution >= 0.6 is 0 Å². The van der Waals surface area contributed by atoms with Gasteiger partial charge in [-0.25, -0.2) is 15.8 Å². The van der Waals surface area contributed by atoms with E-state index < -0.39 is 0 Å². The molecule has 2 rings (SSSR count). The Hall–Kier alpha value is -1.40. The van der Waals surface area contributed by atoms with E-state index in [-0.39, 0.29) is 0 Å². The number of aromatic nitrogens is 2. The first kappa shape index (κ1) is 16.0. The molecule has 21 heavy (non-hydrogen) atoms. The molecular formula is C15H27N5O. The molecule has 1 saturated heterocycles. The summed E-state index contributed by atoms with van der Waals surface area (Å²) >= 11 is 0. The van der Waals surface area contributed by atoms with Crippen LogP contribution in [0.25, 0.3) is 0 Å². The maximum Gasteiger partial charge on any atom is 0.148 e. The molecule has 0 saturated carbocycles. The maximum absolute atomic E-state index is 5.59. The van der Waals surface area contributed by atoms with Gasteiger partial charge in [0.25, 0.3) is 0 Å². The molecule has 6 nitrogen and oxygen atoms in total. The third kappa shape index (κ3) is 4.04. The van der Waals surface area contributed by atoms with Gasteiger partial charge in [-0.15, -0.1) is 0 Å². The van der Waals surface area contributed by atoms with Crippen molar-refractivity contribution in [1.29, 1.82) is 0 Å². The highest BCUT2D eigenvalue weighted by molar-refractivity contribution is 5.57. The summed E-state index contributed by atoms with van der Waals surface area (Å²) in [6.07, 6.45) is 4.26. The lowest BCUT2D eigenvalue weighted by Crippen LogP contribution is -2.32. The van der Waals surface area contributed by atoms with E-state index in [2.05, 4.69) is 29.3 Å². The van der Waals surface area contributed by atoms with Gasteiger partial charge in [0, 0.05) is 32.2 Å². The Morgan fingerprint density at radius 2 is 2.24 bits per heavy atom. The molecule has 1 aromatic heterocycles. The van der Waals surface area contributed by atoms with E-state index in [1.165, 1.54) is 6.42 Å². The zero-order valence-corrected chi connectivity index (χ0v) is 13.4. The highest BCUT2D eigenvalue weighted by Crippen LogP contribution is 2.24. The minimum absolute atomic E-state index is 0.571. The lowest BCUT2D eigenvalue weighted by atomic mass is 10.0. The lowest BCUT2D eigenvalue weighted by Gasteiger charge is -2.29. The van der Waals surface area contributed by atoms with Crippen molar-refractivity contribution in [2.45, 2.75) is 39.5 Å². The summed E-state index contributed by atoms with van der Waals surface area (Å²) in [4.78, 5) is 11.4. The maximum atomic E-state index is 5.59. The van der Waals surface area contributed by atoms with E-state index in [1.807, 2.05) is 6.92 Å². The van der Waals surface area contributed by atoms with Crippen molar-refractivity contribution < 1.29 is 4.74 Å². The molecule has 0 radical (unpaired) electrons. The summed E-state index contributed by atoms with van der Waals surface area (Å²) in [5, 5.41) is 0. The van der Waals surface area contributed by atoms with Crippen LogP contribution in [0.15, 0.2) is 0 Å². The zero-order valence-electron chi connectivity index (χ0n) is 13.4. The van der Waals surface area contributed by atoms with Crippen molar-refractivity contribution in [2.24, 2.45) is 11.8 Å². The van der Waals surface area contributed by atoms with Crippen molar-refractivity contribution in [3.05, 3.63) is 11.4 Å². The van der Waals surface area contributed by atoms with Crippen molar-refractivity contribution >= 4 is 11.6 Å². The molecule has 118 valence electrons. The standard InChI is InChI=1S/C15H27N5O/c1-4-6-13-17-14(19-16)11(2)15(18-13)20(3)9-12-7-5-8-21-10-12/h12H,4-10,16H2,1-3H3,(H,17,18,19). The van der Waals surface area contributed by atoms with Crippen LogP contribution in [0.3, 0.4) is 0 Å². The predicted octanol–water partition coefficient (Wildman–Crippen LogP) is 1.89. The van der Waals surface area contributed by atoms with Gasteiger partial charge in [0.05, 0.1) is 6.61 Å². The van der Waals surface area contributed by atoms with Gasteiger partial charge in [0.1, 0.15) is 17.5 Å². The van der Waals surface area contributed by atoms with Gasteiger partial charge in [-0.3, -0.25) is 0 Å². The zero-order chi connectivity index (χ0) is 15.2. The Kier molecular flexibility index (Phi) is 5.76. The normalized spacial score (nSPS) is 18.6. The summed E-state index contributed by atoms with van der Waals surface area (Å²) in [5.41, 5.74) is 3.69. The highest BCUT2D eigenvalue weighted by Gasteiger charge is 2.19. The van der Waals surface area contributed by atoms with Crippen LogP contribution < -0.4 is 16.2 Å². The Labute approximate surface area is 127 Å². The molecule has 1 fully saturated rings. The van der Waals surface area contributed by atoms with Crippen LogP contribution in [0, 0.1) is 12.8 Å². The van der Waals surface area contributed by atoms with E-state index in [9.17, 15) is 0 Å². The Morgan fingerprint density at radius 3 is 2.86 bits per heavy atom. The fraction of sp³-hybridized carbons (Fsp3) is 0.733. The molecule has 3 N–H and O–H groups in total. The van der Waals surface area contributed by atoms with E-state index in [1.54, 1.807) is 0 Å².